The first-order chi connectivity index (χ1) is 8.83. The third-order valence-electron chi connectivity index (χ3n) is 3.99. The third kappa shape index (κ3) is 3.35. The molecule has 2 fully saturated rings. The standard InChI is InChI=1S/C14H21BrN2S/c15-13-5-7-18-14(13)10-17(12-3-4-12)9-11-2-1-6-16-8-11/h5,7,11-12,16H,1-4,6,8-10H2. The van der Waals surface area contributed by atoms with Crippen LogP contribution in [0.2, 0.25) is 0 Å². The Balaban J connectivity index is 1.59. The molecule has 18 heavy (non-hydrogen) atoms. The van der Waals surface area contributed by atoms with Crippen LogP contribution in [0.4, 0.5) is 0 Å². The predicted molar refractivity (Wildman–Crippen MR) is 81.0 cm³/mol. The van der Waals surface area contributed by atoms with Crippen molar-refractivity contribution in [2.45, 2.75) is 38.3 Å². The van der Waals surface area contributed by atoms with Gasteiger partial charge in [0.05, 0.1) is 0 Å². The van der Waals surface area contributed by atoms with Gasteiger partial charge in [-0.2, -0.15) is 0 Å². The van der Waals surface area contributed by atoms with E-state index >= 15 is 0 Å². The van der Waals surface area contributed by atoms with Crippen LogP contribution in [0.25, 0.3) is 0 Å². The summed E-state index contributed by atoms with van der Waals surface area (Å²) in [4.78, 5) is 4.21. The lowest BCUT2D eigenvalue weighted by Crippen LogP contribution is -2.38. The Hall–Kier alpha value is 0.1000. The van der Waals surface area contributed by atoms with Gasteiger partial charge >= 0.3 is 0 Å². The molecule has 0 bridgehead atoms. The van der Waals surface area contributed by atoms with Crippen LogP contribution < -0.4 is 5.32 Å². The predicted octanol–water partition coefficient (Wildman–Crippen LogP) is 3.47. The van der Waals surface area contributed by atoms with Gasteiger partial charge in [0.25, 0.3) is 0 Å². The number of hydrogen-bond acceptors (Lipinski definition) is 3. The maximum absolute atomic E-state index is 3.66. The van der Waals surface area contributed by atoms with Crippen LogP contribution in [0.15, 0.2) is 15.9 Å². The summed E-state index contributed by atoms with van der Waals surface area (Å²) in [7, 11) is 0. The lowest BCUT2D eigenvalue weighted by Gasteiger charge is -2.30. The molecule has 4 heteroatoms. The van der Waals surface area contributed by atoms with Gasteiger partial charge in [-0.15, -0.1) is 11.3 Å². The second-order valence-corrected chi connectivity index (χ2v) is 7.42. The van der Waals surface area contributed by atoms with Crippen molar-refractivity contribution in [2.24, 2.45) is 5.92 Å². The van der Waals surface area contributed by atoms with Crippen LogP contribution in [-0.4, -0.2) is 30.6 Å². The second kappa shape index (κ2) is 6.04. The number of halogens is 1. The third-order valence-corrected chi connectivity index (χ3v) is 5.90. The maximum Gasteiger partial charge on any atom is 0.0342 e. The Kier molecular flexibility index (Phi) is 4.39. The number of piperidine rings is 1. The van der Waals surface area contributed by atoms with E-state index in [1.54, 1.807) is 0 Å². The zero-order valence-electron chi connectivity index (χ0n) is 10.7. The van der Waals surface area contributed by atoms with Crippen molar-refractivity contribution in [1.82, 2.24) is 10.2 Å². The molecule has 0 amide bonds. The van der Waals surface area contributed by atoms with Crippen LogP contribution in [0.1, 0.15) is 30.6 Å². The van der Waals surface area contributed by atoms with Crippen LogP contribution >= 0.6 is 27.3 Å². The molecule has 0 radical (unpaired) electrons. The molecule has 1 aromatic heterocycles. The topological polar surface area (TPSA) is 15.3 Å². The summed E-state index contributed by atoms with van der Waals surface area (Å²) in [5.74, 6) is 0.859. The number of rotatable bonds is 5. The molecule has 0 aromatic carbocycles. The summed E-state index contributed by atoms with van der Waals surface area (Å²) in [5.41, 5.74) is 0. The van der Waals surface area contributed by atoms with Crippen molar-refractivity contribution in [2.75, 3.05) is 19.6 Å². The average Bonchev–Trinajstić information content (AvgIpc) is 3.16. The zero-order chi connectivity index (χ0) is 12.4. The fourth-order valence-corrected chi connectivity index (χ4v) is 4.32. The number of hydrogen-bond donors (Lipinski definition) is 1. The van der Waals surface area contributed by atoms with E-state index < -0.39 is 0 Å². The van der Waals surface area contributed by atoms with Gasteiger partial charge in [0, 0.05) is 28.5 Å². The Morgan fingerprint density at radius 3 is 2.89 bits per heavy atom. The van der Waals surface area contributed by atoms with Crippen LogP contribution in [0.5, 0.6) is 0 Å². The average molecular weight is 329 g/mol. The summed E-state index contributed by atoms with van der Waals surface area (Å²) in [6.45, 7) is 4.85. The molecule has 1 aliphatic carbocycles. The highest BCUT2D eigenvalue weighted by molar-refractivity contribution is 9.10. The molecule has 1 atom stereocenters. The van der Waals surface area contributed by atoms with Gasteiger partial charge in [-0.25, -0.2) is 0 Å². The zero-order valence-corrected chi connectivity index (χ0v) is 13.1. The molecule has 2 aliphatic rings. The van der Waals surface area contributed by atoms with Crippen molar-refractivity contribution in [1.29, 1.82) is 0 Å². The largest absolute Gasteiger partial charge is 0.316 e. The van der Waals surface area contributed by atoms with E-state index in [-0.39, 0.29) is 0 Å². The Morgan fingerprint density at radius 1 is 1.39 bits per heavy atom. The van der Waals surface area contributed by atoms with E-state index in [1.165, 1.54) is 54.7 Å². The molecule has 1 unspecified atom stereocenters. The van der Waals surface area contributed by atoms with E-state index in [1.807, 2.05) is 11.3 Å². The van der Waals surface area contributed by atoms with Crippen LogP contribution in [0.3, 0.4) is 0 Å². The van der Waals surface area contributed by atoms with Crippen molar-refractivity contribution >= 4 is 27.3 Å². The first-order valence-corrected chi connectivity index (χ1v) is 8.67. The molecular formula is C14H21BrN2S. The molecule has 2 nitrogen and oxygen atoms in total. The van der Waals surface area contributed by atoms with E-state index in [9.17, 15) is 0 Å². The molecule has 1 aliphatic heterocycles. The minimum Gasteiger partial charge on any atom is -0.316 e. The van der Waals surface area contributed by atoms with Crippen molar-refractivity contribution in [3.8, 4) is 0 Å². The highest BCUT2D eigenvalue weighted by Gasteiger charge is 2.31. The van der Waals surface area contributed by atoms with Crippen molar-refractivity contribution in [3.63, 3.8) is 0 Å². The van der Waals surface area contributed by atoms with E-state index in [0.29, 0.717) is 0 Å². The number of thiophene rings is 1. The van der Waals surface area contributed by atoms with Crippen LogP contribution in [-0.2, 0) is 6.54 Å². The van der Waals surface area contributed by atoms with Gasteiger partial charge in [0.1, 0.15) is 0 Å². The second-order valence-electron chi connectivity index (χ2n) is 5.56. The van der Waals surface area contributed by atoms with Gasteiger partial charge in [0.15, 0.2) is 0 Å². The van der Waals surface area contributed by atoms with Gasteiger partial charge in [-0.3, -0.25) is 4.90 Å². The first kappa shape index (κ1) is 13.1. The number of nitrogens with one attached hydrogen (secondary N) is 1. The van der Waals surface area contributed by atoms with Gasteiger partial charge < -0.3 is 5.32 Å². The van der Waals surface area contributed by atoms with E-state index in [2.05, 4.69) is 37.6 Å². The number of nitrogens with zero attached hydrogens (tertiary/aromatic N) is 1. The Morgan fingerprint density at radius 2 is 2.28 bits per heavy atom. The molecule has 1 N–H and O–H groups in total. The lowest BCUT2D eigenvalue weighted by atomic mass is 9.99. The minimum atomic E-state index is 0.859. The molecule has 1 saturated heterocycles. The molecule has 3 rings (SSSR count). The quantitative estimate of drug-likeness (QED) is 0.890. The first-order valence-electron chi connectivity index (χ1n) is 6.99. The fourth-order valence-electron chi connectivity index (χ4n) is 2.82. The molecule has 1 saturated carbocycles. The summed E-state index contributed by atoms with van der Waals surface area (Å²) in [6.07, 6.45) is 5.57. The van der Waals surface area contributed by atoms with Crippen molar-refractivity contribution < 1.29 is 0 Å². The highest BCUT2D eigenvalue weighted by atomic mass is 79.9. The molecule has 1 aromatic rings. The lowest BCUT2D eigenvalue weighted by molar-refractivity contribution is 0.194. The highest BCUT2D eigenvalue weighted by Crippen LogP contribution is 2.32. The summed E-state index contributed by atoms with van der Waals surface area (Å²) in [6, 6.07) is 3.04. The minimum absolute atomic E-state index is 0.859. The SMILES string of the molecule is Brc1ccsc1CN(CC1CCCNC1)C1CC1. The molecule has 0 spiro atoms. The van der Waals surface area contributed by atoms with Gasteiger partial charge in [0.2, 0.25) is 0 Å². The molecule has 100 valence electrons. The Labute approximate surface area is 122 Å². The smallest absolute Gasteiger partial charge is 0.0342 e. The Bertz CT molecular complexity index is 383. The maximum atomic E-state index is 3.66. The summed E-state index contributed by atoms with van der Waals surface area (Å²) in [5, 5.41) is 5.72. The summed E-state index contributed by atoms with van der Waals surface area (Å²) < 4.78 is 1.29. The summed E-state index contributed by atoms with van der Waals surface area (Å²) >= 11 is 5.54. The van der Waals surface area contributed by atoms with Crippen LogP contribution in [0, 0.1) is 5.92 Å². The monoisotopic (exact) mass is 328 g/mol. The van der Waals surface area contributed by atoms with E-state index in [4.69, 9.17) is 0 Å². The van der Waals surface area contributed by atoms with Crippen molar-refractivity contribution in [3.05, 3.63) is 20.8 Å². The fraction of sp³-hybridized carbons (Fsp3) is 0.714. The van der Waals surface area contributed by atoms with E-state index in [0.717, 1.165) is 18.5 Å². The van der Waals surface area contributed by atoms with Gasteiger partial charge in [-0.1, -0.05) is 0 Å². The normalized spacial score (nSPS) is 24.7. The molecular weight excluding hydrogens is 308 g/mol. The molecule has 2 heterocycles. The van der Waals surface area contributed by atoms with Gasteiger partial charge in [-0.05, 0) is 72.1 Å².